The van der Waals surface area contributed by atoms with Gasteiger partial charge in [-0.3, -0.25) is 10.1 Å². The number of nitro groups is 1. The van der Waals surface area contributed by atoms with Crippen molar-refractivity contribution in [3.63, 3.8) is 0 Å². The van der Waals surface area contributed by atoms with Gasteiger partial charge < -0.3 is 28.4 Å². The molecule has 4 heterocycles. The van der Waals surface area contributed by atoms with E-state index in [9.17, 15) is 29.3 Å². The average molecular weight is 958 g/mol. The van der Waals surface area contributed by atoms with E-state index in [1.54, 1.807) is 56.2 Å². The van der Waals surface area contributed by atoms with Gasteiger partial charge in [0.05, 0.1) is 37.4 Å². The number of nitro benzene ring substituents is 1. The van der Waals surface area contributed by atoms with Crippen molar-refractivity contribution >= 4 is 30.1 Å². The standard InChI is InChI=1S/C16H19N3O6.C13H14N2O2.C11H18N2O2.C8H12N2O2/c1-10(2)15-17-5-6-18(15)16(20)25-9-11-7-13(23-3)14(24-4)8-12(11)19(21)22;1-10(2)12-14-8-9-15(12)13(16)17-11-6-4-3-5-7-11;1-8(2)9-12-6-7-13(9)10(14)15-11(3,4)5;1-3-7-9-5-6-10(7)8(11)12-4-2/h5-8,10H,9H2,1-4H3;3-10H,1-2H3;6-8H,1-5H3;5-6H,3-4H2,1-2H3. The number of imidazole rings is 4. The number of carbonyl (C=O) groups excluding carboxylic acids is 4. The van der Waals surface area contributed by atoms with E-state index in [0.29, 0.717) is 29.8 Å². The molecule has 0 spiro atoms. The van der Waals surface area contributed by atoms with Gasteiger partial charge in [0.25, 0.3) is 5.69 Å². The number of para-hydroxylation sites is 1. The number of aryl methyl sites for hydroxylation is 1. The lowest BCUT2D eigenvalue weighted by molar-refractivity contribution is -0.385. The summed E-state index contributed by atoms with van der Waals surface area (Å²) in [6.45, 7) is 21.1. The van der Waals surface area contributed by atoms with Crippen molar-refractivity contribution in [3.8, 4) is 17.2 Å². The molecule has 0 atom stereocenters. The van der Waals surface area contributed by atoms with Gasteiger partial charge in [0.1, 0.15) is 41.3 Å². The largest absolute Gasteiger partial charge is 0.493 e. The first kappa shape index (κ1) is 55.5. The lowest BCUT2D eigenvalue weighted by Gasteiger charge is -2.20. The fourth-order valence-corrected chi connectivity index (χ4v) is 6.00. The highest BCUT2D eigenvalue weighted by Gasteiger charge is 2.23. The fraction of sp³-hybridized carbons (Fsp3) is 0.417. The second kappa shape index (κ2) is 26.5. The Bertz CT molecular complexity index is 2590. The van der Waals surface area contributed by atoms with Gasteiger partial charge in [0.15, 0.2) is 11.5 Å². The van der Waals surface area contributed by atoms with Crippen molar-refractivity contribution in [3.05, 3.63) is 131 Å². The topological polar surface area (TPSA) is 238 Å². The molecule has 0 aliphatic carbocycles. The van der Waals surface area contributed by atoms with Gasteiger partial charge >= 0.3 is 24.4 Å². The number of nitrogens with zero attached hydrogens (tertiary/aromatic N) is 9. The maximum Gasteiger partial charge on any atom is 0.424 e. The maximum absolute atomic E-state index is 12.2. The van der Waals surface area contributed by atoms with Crippen LogP contribution in [-0.4, -0.2) is 93.9 Å². The lowest BCUT2D eigenvalue weighted by atomic mass is 10.1. The molecule has 6 rings (SSSR count). The molecule has 0 radical (unpaired) electrons. The molecular weight excluding hydrogens is 895 g/mol. The predicted octanol–water partition coefficient (Wildman–Crippen LogP) is 10.4. The third-order valence-electron chi connectivity index (χ3n) is 9.12. The van der Waals surface area contributed by atoms with E-state index in [1.807, 2.05) is 87.4 Å². The molecule has 0 fully saturated rings. The highest BCUT2D eigenvalue weighted by atomic mass is 16.6. The Morgan fingerprint density at radius 2 is 1.09 bits per heavy atom. The second-order valence-electron chi connectivity index (χ2n) is 16.5. The Kier molecular flexibility index (Phi) is 21.3. The van der Waals surface area contributed by atoms with Gasteiger partial charge in [-0.25, -0.2) is 57.4 Å². The van der Waals surface area contributed by atoms with Crippen molar-refractivity contribution in [2.24, 2.45) is 0 Å². The van der Waals surface area contributed by atoms with E-state index in [1.165, 1.54) is 57.0 Å². The molecule has 0 amide bonds. The first-order valence-corrected chi connectivity index (χ1v) is 22.0. The van der Waals surface area contributed by atoms with Crippen LogP contribution in [0.1, 0.15) is 123 Å². The highest BCUT2D eigenvalue weighted by molar-refractivity contribution is 5.74. The van der Waals surface area contributed by atoms with Gasteiger partial charge in [-0.05, 0) is 45.9 Å². The van der Waals surface area contributed by atoms with Crippen LogP contribution in [0.25, 0.3) is 0 Å². The number of hydrogen-bond donors (Lipinski definition) is 0. The van der Waals surface area contributed by atoms with Crippen molar-refractivity contribution in [1.82, 2.24) is 38.2 Å². The summed E-state index contributed by atoms with van der Waals surface area (Å²) in [7, 11) is 2.80. The summed E-state index contributed by atoms with van der Waals surface area (Å²) in [5.41, 5.74) is -0.502. The van der Waals surface area contributed by atoms with E-state index in [-0.39, 0.29) is 53.5 Å². The first-order chi connectivity index (χ1) is 32.7. The normalized spacial score (nSPS) is 10.7. The Hall–Kier alpha value is -7.84. The van der Waals surface area contributed by atoms with Gasteiger partial charge in [-0.1, -0.05) is 66.7 Å². The number of ether oxygens (including phenoxy) is 6. The van der Waals surface area contributed by atoms with Crippen molar-refractivity contribution in [2.45, 2.75) is 113 Å². The predicted molar refractivity (Wildman–Crippen MR) is 254 cm³/mol. The van der Waals surface area contributed by atoms with E-state index >= 15 is 0 Å². The molecule has 0 bridgehead atoms. The van der Waals surface area contributed by atoms with Crippen molar-refractivity contribution in [2.75, 3.05) is 20.8 Å². The first-order valence-electron chi connectivity index (χ1n) is 22.0. The van der Waals surface area contributed by atoms with Gasteiger partial charge in [-0.15, -0.1) is 0 Å². The second-order valence-corrected chi connectivity index (χ2v) is 16.5. The van der Waals surface area contributed by atoms with E-state index in [2.05, 4.69) is 19.9 Å². The summed E-state index contributed by atoms with van der Waals surface area (Å²) in [6, 6.07) is 11.6. The third-order valence-corrected chi connectivity index (χ3v) is 9.12. The number of methoxy groups -OCH3 is 2. The monoisotopic (exact) mass is 957 g/mol. The van der Waals surface area contributed by atoms with Gasteiger partial charge in [0.2, 0.25) is 0 Å². The zero-order valence-corrected chi connectivity index (χ0v) is 41.4. The van der Waals surface area contributed by atoms with E-state index < -0.39 is 22.7 Å². The Morgan fingerprint density at radius 3 is 1.54 bits per heavy atom. The smallest absolute Gasteiger partial charge is 0.424 e. The van der Waals surface area contributed by atoms with Crippen LogP contribution >= 0.6 is 0 Å². The summed E-state index contributed by atoms with van der Waals surface area (Å²) in [5, 5.41) is 11.3. The molecule has 372 valence electrons. The molecule has 21 nitrogen and oxygen atoms in total. The zero-order valence-electron chi connectivity index (χ0n) is 41.4. The van der Waals surface area contributed by atoms with Crippen LogP contribution in [0.4, 0.5) is 24.9 Å². The minimum atomic E-state index is -0.662. The van der Waals surface area contributed by atoms with Gasteiger partial charge in [0, 0.05) is 73.7 Å². The Labute approximate surface area is 401 Å². The van der Waals surface area contributed by atoms with E-state index in [4.69, 9.17) is 28.4 Å². The number of benzene rings is 2. The van der Waals surface area contributed by atoms with Crippen LogP contribution in [0.15, 0.2) is 92.0 Å². The van der Waals surface area contributed by atoms with Crippen LogP contribution in [0.5, 0.6) is 17.2 Å². The average Bonchev–Trinajstić information content (AvgIpc) is 4.15. The highest BCUT2D eigenvalue weighted by Crippen LogP contribution is 2.35. The van der Waals surface area contributed by atoms with Crippen LogP contribution in [0.3, 0.4) is 0 Å². The number of hydrogen-bond acceptors (Lipinski definition) is 16. The number of carbonyl (C=O) groups is 4. The summed E-state index contributed by atoms with van der Waals surface area (Å²) in [6.07, 6.45) is 11.5. The lowest BCUT2D eigenvalue weighted by Crippen LogP contribution is -2.28. The van der Waals surface area contributed by atoms with Crippen LogP contribution in [0.2, 0.25) is 0 Å². The molecule has 0 aliphatic rings. The molecule has 0 unspecified atom stereocenters. The van der Waals surface area contributed by atoms with Crippen LogP contribution in [0, 0.1) is 10.1 Å². The SMILES string of the molecule is CC(C)c1nccn1C(=O)OC(C)(C)C.CC(C)c1nccn1C(=O)Oc1ccccc1.CCOC(=O)n1ccnc1CC.COc1cc(COC(=O)n2ccnc2C(C)C)c([N+](=O)[O-])cc1OC. The molecule has 69 heavy (non-hydrogen) atoms. The van der Waals surface area contributed by atoms with Crippen molar-refractivity contribution in [1.29, 1.82) is 0 Å². The Balaban J connectivity index is 0.000000253. The fourth-order valence-electron chi connectivity index (χ4n) is 6.00. The molecule has 4 aromatic heterocycles. The molecule has 0 saturated carbocycles. The van der Waals surface area contributed by atoms with Crippen LogP contribution < -0.4 is 14.2 Å². The molecule has 0 aliphatic heterocycles. The zero-order chi connectivity index (χ0) is 51.4. The number of rotatable bonds is 11. The molecule has 0 N–H and O–H groups in total. The van der Waals surface area contributed by atoms with Crippen molar-refractivity contribution < 1.29 is 52.5 Å². The molecule has 0 saturated heterocycles. The summed E-state index contributed by atoms with van der Waals surface area (Å²) in [4.78, 5) is 74.1. The molecule has 6 aromatic rings. The molecule has 2 aromatic carbocycles. The summed E-state index contributed by atoms with van der Waals surface area (Å²) >= 11 is 0. The van der Waals surface area contributed by atoms with Gasteiger partial charge in [-0.2, -0.15) is 0 Å². The minimum absolute atomic E-state index is 0.0259. The number of aromatic nitrogens is 8. The third kappa shape index (κ3) is 16.5. The molecule has 21 heteroatoms. The van der Waals surface area contributed by atoms with Crippen LogP contribution in [-0.2, 0) is 27.2 Å². The minimum Gasteiger partial charge on any atom is -0.493 e. The summed E-state index contributed by atoms with van der Waals surface area (Å²) in [5.74, 6) is 4.17. The maximum atomic E-state index is 12.2. The summed E-state index contributed by atoms with van der Waals surface area (Å²) < 4.78 is 36.3. The molecular formula is C48H63N9O12. The van der Waals surface area contributed by atoms with E-state index in [0.717, 1.165) is 18.1 Å². The Morgan fingerprint density at radius 1 is 0.638 bits per heavy atom. The quantitative estimate of drug-likeness (QED) is 0.0666.